The quantitative estimate of drug-likeness (QED) is 0.860. The standard InChI is InChI=1S/C18H24N2O4/c1-11(2)14(19-17(23)24-18(3,4)5)10-20-15(21)12-8-6-7-9-13(12)16(20)22/h6-9,11,14H,10H2,1-5H3,(H,19,23)/t14-/m1/s1. The number of hydrogen-bond donors (Lipinski definition) is 1. The molecule has 0 saturated heterocycles. The number of hydrogen-bond acceptors (Lipinski definition) is 4. The number of amides is 3. The molecule has 130 valence electrons. The SMILES string of the molecule is CC(C)[C@@H](CN1C(=O)c2ccccc2C1=O)NC(=O)OC(C)(C)C. The monoisotopic (exact) mass is 332 g/mol. The van der Waals surface area contributed by atoms with Crippen LogP contribution >= 0.6 is 0 Å². The lowest BCUT2D eigenvalue weighted by atomic mass is 10.0. The van der Waals surface area contributed by atoms with E-state index < -0.39 is 11.7 Å². The molecule has 0 fully saturated rings. The highest BCUT2D eigenvalue weighted by Gasteiger charge is 2.37. The smallest absolute Gasteiger partial charge is 0.407 e. The Morgan fingerprint density at radius 2 is 1.62 bits per heavy atom. The van der Waals surface area contributed by atoms with E-state index in [1.54, 1.807) is 45.0 Å². The highest BCUT2D eigenvalue weighted by molar-refractivity contribution is 6.21. The summed E-state index contributed by atoms with van der Waals surface area (Å²) in [6.07, 6.45) is -0.558. The first-order valence-corrected chi connectivity index (χ1v) is 8.05. The van der Waals surface area contributed by atoms with E-state index in [0.29, 0.717) is 11.1 Å². The van der Waals surface area contributed by atoms with E-state index in [1.165, 1.54) is 4.90 Å². The molecule has 3 amide bonds. The summed E-state index contributed by atoms with van der Waals surface area (Å²) in [6.45, 7) is 9.28. The molecule has 0 aliphatic carbocycles. The summed E-state index contributed by atoms with van der Waals surface area (Å²) >= 11 is 0. The maximum absolute atomic E-state index is 12.4. The number of alkyl carbamates (subject to hydrolysis) is 1. The van der Waals surface area contributed by atoms with Gasteiger partial charge in [-0.05, 0) is 38.8 Å². The maximum Gasteiger partial charge on any atom is 0.407 e. The van der Waals surface area contributed by atoms with E-state index in [4.69, 9.17) is 4.74 Å². The Balaban J connectivity index is 2.11. The molecule has 6 nitrogen and oxygen atoms in total. The molecule has 1 aliphatic heterocycles. The van der Waals surface area contributed by atoms with Crippen molar-refractivity contribution >= 4 is 17.9 Å². The molecular weight excluding hydrogens is 308 g/mol. The van der Waals surface area contributed by atoms with Crippen LogP contribution in [0, 0.1) is 5.92 Å². The maximum atomic E-state index is 12.4. The van der Waals surface area contributed by atoms with Crippen LogP contribution in [0.2, 0.25) is 0 Å². The first-order chi connectivity index (χ1) is 11.1. The summed E-state index contributed by atoms with van der Waals surface area (Å²) in [5.41, 5.74) is 0.200. The van der Waals surface area contributed by atoms with Gasteiger partial charge < -0.3 is 10.1 Å². The van der Waals surface area contributed by atoms with Crippen LogP contribution in [0.4, 0.5) is 4.79 Å². The highest BCUT2D eigenvalue weighted by atomic mass is 16.6. The summed E-state index contributed by atoms with van der Waals surface area (Å²) in [7, 11) is 0. The van der Waals surface area contributed by atoms with Gasteiger partial charge >= 0.3 is 6.09 Å². The van der Waals surface area contributed by atoms with Crippen molar-refractivity contribution in [1.82, 2.24) is 10.2 Å². The molecule has 0 saturated carbocycles. The number of nitrogens with zero attached hydrogens (tertiary/aromatic N) is 1. The lowest BCUT2D eigenvalue weighted by molar-refractivity contribution is 0.0448. The van der Waals surface area contributed by atoms with Crippen molar-refractivity contribution in [2.45, 2.75) is 46.3 Å². The molecule has 24 heavy (non-hydrogen) atoms. The number of carbonyl (C=O) groups is 3. The number of nitrogens with one attached hydrogen (secondary N) is 1. The first kappa shape index (κ1) is 18.0. The Hall–Kier alpha value is -2.37. The summed E-state index contributed by atoms with van der Waals surface area (Å²) in [6, 6.07) is 6.35. The molecule has 1 aromatic rings. The molecule has 1 aromatic carbocycles. The van der Waals surface area contributed by atoms with E-state index >= 15 is 0 Å². The second kappa shape index (κ2) is 6.63. The number of benzene rings is 1. The molecule has 0 radical (unpaired) electrons. The fourth-order valence-corrected chi connectivity index (χ4v) is 2.48. The van der Waals surface area contributed by atoms with Crippen molar-refractivity contribution in [2.24, 2.45) is 5.92 Å². The van der Waals surface area contributed by atoms with Gasteiger partial charge in [-0.15, -0.1) is 0 Å². The predicted molar refractivity (Wildman–Crippen MR) is 89.8 cm³/mol. The van der Waals surface area contributed by atoms with Gasteiger partial charge in [-0.3, -0.25) is 14.5 Å². The van der Waals surface area contributed by atoms with E-state index in [1.807, 2.05) is 13.8 Å². The number of rotatable bonds is 4. The zero-order valence-corrected chi connectivity index (χ0v) is 14.8. The first-order valence-electron chi connectivity index (χ1n) is 8.05. The average Bonchev–Trinajstić information content (AvgIpc) is 2.70. The molecule has 0 bridgehead atoms. The normalized spacial score (nSPS) is 15.5. The van der Waals surface area contributed by atoms with Crippen molar-refractivity contribution in [3.8, 4) is 0 Å². The Morgan fingerprint density at radius 3 is 2.04 bits per heavy atom. The highest BCUT2D eigenvalue weighted by Crippen LogP contribution is 2.23. The molecule has 0 unspecified atom stereocenters. The second-order valence-electron chi connectivity index (χ2n) is 7.26. The van der Waals surface area contributed by atoms with Gasteiger partial charge in [-0.2, -0.15) is 0 Å². The Bertz CT molecular complexity index is 626. The minimum absolute atomic E-state index is 0.0295. The fraction of sp³-hybridized carbons (Fsp3) is 0.500. The van der Waals surface area contributed by atoms with Crippen molar-refractivity contribution in [1.29, 1.82) is 0 Å². The van der Waals surface area contributed by atoms with E-state index in [0.717, 1.165) is 0 Å². The average molecular weight is 332 g/mol. The van der Waals surface area contributed by atoms with Gasteiger partial charge in [0, 0.05) is 6.54 Å². The number of fused-ring (bicyclic) bond motifs is 1. The number of carbonyl (C=O) groups excluding carboxylic acids is 3. The molecule has 1 aliphatic rings. The van der Waals surface area contributed by atoms with Gasteiger partial charge in [-0.1, -0.05) is 26.0 Å². The van der Waals surface area contributed by atoms with Crippen LogP contribution in [-0.4, -0.2) is 41.0 Å². The number of ether oxygens (including phenoxy) is 1. The third-order valence-corrected chi connectivity index (χ3v) is 3.76. The van der Waals surface area contributed by atoms with Crippen LogP contribution in [0.25, 0.3) is 0 Å². The zero-order valence-electron chi connectivity index (χ0n) is 14.8. The predicted octanol–water partition coefficient (Wildman–Crippen LogP) is 2.83. The molecule has 1 heterocycles. The summed E-state index contributed by atoms with van der Waals surface area (Å²) in [4.78, 5) is 38.1. The topological polar surface area (TPSA) is 75.7 Å². The van der Waals surface area contributed by atoms with Crippen molar-refractivity contribution in [3.05, 3.63) is 35.4 Å². The molecule has 1 N–H and O–H groups in total. The third-order valence-electron chi connectivity index (χ3n) is 3.76. The van der Waals surface area contributed by atoms with Crippen LogP contribution in [0.5, 0.6) is 0 Å². The van der Waals surface area contributed by atoms with Crippen LogP contribution in [0.3, 0.4) is 0 Å². The van der Waals surface area contributed by atoms with E-state index in [9.17, 15) is 14.4 Å². The zero-order chi connectivity index (χ0) is 18.1. The Labute approximate surface area is 142 Å². The van der Waals surface area contributed by atoms with Crippen LogP contribution < -0.4 is 5.32 Å². The van der Waals surface area contributed by atoms with Gasteiger partial charge in [0.05, 0.1) is 17.2 Å². The van der Waals surface area contributed by atoms with E-state index in [-0.39, 0.29) is 30.3 Å². The van der Waals surface area contributed by atoms with Gasteiger partial charge in [0.15, 0.2) is 0 Å². The van der Waals surface area contributed by atoms with Crippen molar-refractivity contribution < 1.29 is 19.1 Å². The largest absolute Gasteiger partial charge is 0.444 e. The van der Waals surface area contributed by atoms with Crippen LogP contribution in [0.15, 0.2) is 24.3 Å². The fourth-order valence-electron chi connectivity index (χ4n) is 2.48. The second-order valence-corrected chi connectivity index (χ2v) is 7.26. The van der Waals surface area contributed by atoms with Crippen LogP contribution in [-0.2, 0) is 4.74 Å². The van der Waals surface area contributed by atoms with Gasteiger partial charge in [0.1, 0.15) is 5.60 Å². The molecule has 2 rings (SSSR count). The minimum Gasteiger partial charge on any atom is -0.444 e. The van der Waals surface area contributed by atoms with Gasteiger partial charge in [0.2, 0.25) is 0 Å². The van der Waals surface area contributed by atoms with E-state index in [2.05, 4.69) is 5.32 Å². The Morgan fingerprint density at radius 1 is 1.12 bits per heavy atom. The molecule has 1 atom stereocenters. The molecule has 6 heteroatoms. The lowest BCUT2D eigenvalue weighted by Crippen LogP contribution is -2.49. The lowest BCUT2D eigenvalue weighted by Gasteiger charge is -2.28. The summed E-state index contributed by atoms with van der Waals surface area (Å²) < 4.78 is 5.26. The Kier molecular flexibility index (Phi) is 4.96. The molecule has 0 spiro atoms. The third kappa shape index (κ3) is 3.93. The van der Waals surface area contributed by atoms with Gasteiger partial charge in [-0.25, -0.2) is 4.79 Å². The summed E-state index contributed by atoms with van der Waals surface area (Å²) in [5.74, 6) is -0.624. The van der Waals surface area contributed by atoms with Crippen molar-refractivity contribution in [2.75, 3.05) is 6.54 Å². The molecular formula is C18H24N2O4. The van der Waals surface area contributed by atoms with Crippen LogP contribution in [0.1, 0.15) is 55.3 Å². The number of imide groups is 1. The van der Waals surface area contributed by atoms with Gasteiger partial charge in [0.25, 0.3) is 11.8 Å². The summed E-state index contributed by atoms with van der Waals surface area (Å²) in [5, 5.41) is 2.76. The molecule has 0 aromatic heterocycles. The van der Waals surface area contributed by atoms with Crippen molar-refractivity contribution in [3.63, 3.8) is 0 Å². The minimum atomic E-state index is -0.610.